The van der Waals surface area contributed by atoms with Gasteiger partial charge in [-0.1, -0.05) is 157 Å². The molecule has 0 bridgehead atoms. The quantitative estimate of drug-likeness (QED) is 0.199. The van der Waals surface area contributed by atoms with E-state index in [-0.39, 0.29) is 5.39 Å². The van der Waals surface area contributed by atoms with Gasteiger partial charge in [-0.15, -0.1) is 0 Å². The van der Waals surface area contributed by atoms with Crippen molar-refractivity contribution in [3.05, 3.63) is 157 Å². The Hall–Kier alpha value is -5.20. The first-order valence-electron chi connectivity index (χ1n) is 24.3. The van der Waals surface area contributed by atoms with Gasteiger partial charge in [-0.2, -0.15) is 0 Å². The summed E-state index contributed by atoms with van der Waals surface area (Å²) in [4.78, 5) is 0. The van der Waals surface area contributed by atoms with Crippen molar-refractivity contribution in [3.8, 4) is 33.4 Å². The van der Waals surface area contributed by atoms with E-state index in [1.807, 2.05) is 0 Å². The van der Waals surface area contributed by atoms with Crippen LogP contribution in [0.5, 0.6) is 0 Å². The fourth-order valence-corrected chi connectivity index (χ4v) is 4.88. The summed E-state index contributed by atoms with van der Waals surface area (Å²) in [6.45, 7) is 0. The number of rotatable bonds is 3. The first-order chi connectivity index (χ1) is 30.3. The molecule has 0 aliphatic heterocycles. The van der Waals surface area contributed by atoms with Crippen LogP contribution in [0.15, 0.2) is 157 Å². The predicted molar refractivity (Wildman–Crippen MR) is 173 cm³/mol. The van der Waals surface area contributed by atoms with Crippen LogP contribution in [0.3, 0.4) is 0 Å². The molecule has 0 aromatic heterocycles. The van der Waals surface area contributed by atoms with Gasteiger partial charge >= 0.3 is 0 Å². The average Bonchev–Trinajstić information content (AvgIpc) is 3.27. The maximum absolute atomic E-state index is 9.47. The van der Waals surface area contributed by atoms with Gasteiger partial charge in [0.15, 0.2) is 0 Å². The molecule has 0 N–H and O–H groups in total. The molecule has 0 heteroatoms. The Morgan fingerprint density at radius 1 is 0.275 bits per heavy atom. The van der Waals surface area contributed by atoms with Crippen LogP contribution in [0, 0.1) is 0 Å². The molecule has 0 heterocycles. The van der Waals surface area contributed by atoms with Crippen LogP contribution in [0.1, 0.15) is 34.3 Å². The van der Waals surface area contributed by atoms with Crippen molar-refractivity contribution in [2.45, 2.75) is 0 Å². The zero-order valence-electron chi connectivity index (χ0n) is 45.1. The molecule has 8 aromatic carbocycles. The third-order valence-corrected chi connectivity index (χ3v) is 6.51. The molecule has 0 unspecified atom stereocenters. The highest BCUT2D eigenvalue weighted by Gasteiger charge is 2.20. The Labute approximate surface area is 268 Å². The Kier molecular flexibility index (Phi) is 2.05. The number of hydrogen-bond acceptors (Lipinski definition) is 0. The first-order valence-corrected chi connectivity index (χ1v) is 11.8. The Morgan fingerprint density at radius 2 is 0.675 bits per heavy atom. The lowest BCUT2D eigenvalue weighted by atomic mass is 9.82. The van der Waals surface area contributed by atoms with E-state index in [4.69, 9.17) is 24.7 Å². The largest absolute Gasteiger partial charge is 0.0629 e. The highest BCUT2D eigenvalue weighted by Crippen LogP contribution is 2.47. The van der Waals surface area contributed by atoms with Crippen molar-refractivity contribution in [2.24, 2.45) is 0 Å². The van der Waals surface area contributed by atoms with Crippen molar-refractivity contribution in [2.75, 3.05) is 0 Å². The van der Waals surface area contributed by atoms with Gasteiger partial charge < -0.3 is 0 Å². The maximum atomic E-state index is 9.47. The maximum Gasteiger partial charge on any atom is 0.0629 e. The minimum absolute atomic E-state index is 0.389. The number of benzene rings is 8. The summed E-state index contributed by atoms with van der Waals surface area (Å²) in [7, 11) is 0. The molecule has 0 nitrogen and oxygen atoms in total. The Morgan fingerprint density at radius 3 is 1.32 bits per heavy atom. The average molecular weight is 532 g/mol. The molecule has 0 saturated carbocycles. The molecule has 0 atom stereocenters. The zero-order chi connectivity index (χ0) is 48.2. The lowest BCUT2D eigenvalue weighted by Gasteiger charge is -2.20. The summed E-state index contributed by atoms with van der Waals surface area (Å²) in [6.07, 6.45) is 0. The van der Waals surface area contributed by atoms with Crippen LogP contribution in [0.2, 0.25) is 0 Å². The number of hydrogen-bond donors (Lipinski definition) is 0. The van der Waals surface area contributed by atoms with E-state index in [0.29, 0.717) is 0 Å². The van der Waals surface area contributed by atoms with E-state index in [1.54, 1.807) is 0 Å². The topological polar surface area (TPSA) is 0 Å². The summed E-state index contributed by atoms with van der Waals surface area (Å²) in [5.41, 5.74) is -4.26. The van der Waals surface area contributed by atoms with Crippen molar-refractivity contribution >= 4 is 43.1 Å². The van der Waals surface area contributed by atoms with Gasteiger partial charge in [-0.25, -0.2) is 0 Å². The van der Waals surface area contributed by atoms with Crippen molar-refractivity contribution in [3.63, 3.8) is 0 Å². The van der Waals surface area contributed by atoms with Gasteiger partial charge in [0.2, 0.25) is 0 Å². The van der Waals surface area contributed by atoms with Crippen LogP contribution in [0.4, 0.5) is 0 Å². The minimum Gasteiger partial charge on any atom is -0.0616 e. The van der Waals surface area contributed by atoms with E-state index in [0.717, 1.165) is 6.07 Å². The predicted octanol–water partition coefficient (Wildman–Crippen LogP) is 11.3. The van der Waals surface area contributed by atoms with E-state index < -0.39 is 222 Å². The van der Waals surface area contributed by atoms with Gasteiger partial charge in [0, 0.05) is 0 Å². The molecule has 8 rings (SSSR count). The summed E-state index contributed by atoms with van der Waals surface area (Å²) in [5.74, 6) is 0. The van der Waals surface area contributed by atoms with Crippen LogP contribution in [-0.2, 0) is 0 Å². The Balaban J connectivity index is 1.82. The second-order valence-electron chi connectivity index (χ2n) is 8.58. The van der Waals surface area contributed by atoms with Gasteiger partial charge in [0.05, 0.1) is 34.3 Å². The summed E-state index contributed by atoms with van der Waals surface area (Å²) in [6, 6.07) is -21.7. The molecule has 0 aliphatic rings. The minimum atomic E-state index is -1.02. The first kappa shape index (κ1) is 8.91. The smallest absolute Gasteiger partial charge is 0.0616 e. The van der Waals surface area contributed by atoms with E-state index >= 15 is 0 Å². The van der Waals surface area contributed by atoms with Crippen molar-refractivity contribution in [1.29, 1.82) is 0 Å². The monoisotopic (exact) mass is 531 g/mol. The summed E-state index contributed by atoms with van der Waals surface area (Å²) in [5, 5.41) is -5.02. The summed E-state index contributed by atoms with van der Waals surface area (Å²) >= 11 is 0. The number of fused-ring (bicyclic) bond motifs is 4. The van der Waals surface area contributed by atoms with Gasteiger partial charge in [0.1, 0.15) is 0 Å². The molecule has 0 radical (unpaired) electrons. The highest BCUT2D eigenvalue weighted by atomic mass is 14.2. The van der Waals surface area contributed by atoms with Gasteiger partial charge in [-0.05, 0) is 76.5 Å². The third-order valence-electron chi connectivity index (χ3n) is 6.51. The molecule has 0 saturated heterocycles. The molecule has 0 amide bonds. The molecule has 40 heavy (non-hydrogen) atoms. The lowest BCUT2D eigenvalue weighted by Crippen LogP contribution is -1.93. The van der Waals surface area contributed by atoms with Crippen molar-refractivity contribution in [1.82, 2.24) is 0 Å². The molecular formula is C40H26. The zero-order valence-corrected chi connectivity index (χ0v) is 20.1. The van der Waals surface area contributed by atoms with Crippen LogP contribution < -0.4 is 0 Å². The molecular weight excluding hydrogens is 480 g/mol. The molecule has 0 fully saturated rings. The lowest BCUT2D eigenvalue weighted by molar-refractivity contribution is 1.63. The normalized spacial score (nSPS) is 20.2. The fourth-order valence-electron chi connectivity index (χ4n) is 4.88. The van der Waals surface area contributed by atoms with Crippen LogP contribution >= 0.6 is 0 Å². The molecule has 0 aliphatic carbocycles. The van der Waals surface area contributed by atoms with Crippen molar-refractivity contribution < 1.29 is 34.3 Å². The van der Waals surface area contributed by atoms with Crippen LogP contribution in [-0.4, -0.2) is 0 Å². The van der Waals surface area contributed by atoms with E-state index in [2.05, 4.69) is 0 Å². The molecule has 0 spiro atoms. The van der Waals surface area contributed by atoms with E-state index in [9.17, 15) is 9.60 Å². The standard InChI is InChI=1S/C40H26/c1-3-17-29-27(13-1)15-11-25-31(29)32-19-5-6-20-34(32)40-37-23-9-7-21-35(37)39(36-22-8-10-24-38(36)40)33-26-12-16-28-14-2-4-18-30(28)33/h1-26H/i1D,2D,3D,4D,5D,6D,7D,8D,9D,10D,11D,12D,13D,14D,15D,16D,18D,19D,20D,21D,22D,23D,24D,25D,26D. The second-order valence-corrected chi connectivity index (χ2v) is 8.58. The molecule has 8 aromatic rings. The van der Waals surface area contributed by atoms with Crippen LogP contribution in [0.25, 0.3) is 76.5 Å². The second kappa shape index (κ2) is 9.22. The highest BCUT2D eigenvalue weighted by molar-refractivity contribution is 6.24. The molecule has 186 valence electrons. The third kappa shape index (κ3) is 3.47. The Bertz CT molecular complexity index is 3500. The fraction of sp³-hybridized carbons (Fsp3) is 0. The van der Waals surface area contributed by atoms with Gasteiger partial charge in [-0.3, -0.25) is 0 Å². The van der Waals surface area contributed by atoms with Gasteiger partial charge in [0.25, 0.3) is 0 Å². The summed E-state index contributed by atoms with van der Waals surface area (Å²) < 4.78 is 223. The SMILES string of the molecule is [2H]c1cc2c(-c3c([2H])c([2H])c([2H])c([2H])c3-c3c4c([2H])c([2H])c([2H])c([2H])c4c(-c4c([2H])c([2H])c([2H])c5c([2H])c([2H])c([2H])c([2H])c45)c4c([2H])c([2H])c([2H])c([2H])c34)c([2H])c([2H])c([2H])c2c([2H])c1[2H]. The van der Waals surface area contributed by atoms with E-state index in [1.165, 1.54) is 0 Å².